The third kappa shape index (κ3) is 3.30. The van der Waals surface area contributed by atoms with Crippen LogP contribution < -0.4 is 0 Å². The first-order chi connectivity index (χ1) is 7.54. The van der Waals surface area contributed by atoms with Crippen LogP contribution in [-0.4, -0.2) is 41.2 Å². The van der Waals surface area contributed by atoms with Gasteiger partial charge in [0.15, 0.2) is 5.09 Å². The lowest BCUT2D eigenvalue weighted by atomic mass is 10.5. The summed E-state index contributed by atoms with van der Waals surface area (Å²) in [6.07, 6.45) is 0. The SMILES string of the molecule is CCN(C)C(=O)CSc1ccc(C(=O)O)o1. The Bertz CT molecular complexity index is 388. The van der Waals surface area contributed by atoms with Gasteiger partial charge in [-0.1, -0.05) is 11.8 Å². The standard InChI is InChI=1S/C10H13NO4S/c1-3-11(2)8(12)6-16-9-5-4-7(15-9)10(13)14/h4-5H,3,6H2,1-2H3,(H,13,14). The van der Waals surface area contributed by atoms with Gasteiger partial charge >= 0.3 is 5.97 Å². The minimum Gasteiger partial charge on any atom is -0.475 e. The van der Waals surface area contributed by atoms with Crippen LogP contribution in [0.1, 0.15) is 17.5 Å². The second-order valence-corrected chi connectivity index (χ2v) is 4.10. The number of hydrogen-bond acceptors (Lipinski definition) is 4. The number of nitrogens with zero attached hydrogens (tertiary/aromatic N) is 1. The molecule has 88 valence electrons. The number of carbonyl (C=O) groups excluding carboxylic acids is 1. The Balaban J connectivity index is 2.48. The Morgan fingerprint density at radius 3 is 2.69 bits per heavy atom. The first-order valence-electron chi connectivity index (χ1n) is 4.74. The molecule has 1 rings (SSSR count). The van der Waals surface area contributed by atoms with Gasteiger partial charge in [0.2, 0.25) is 11.7 Å². The zero-order valence-electron chi connectivity index (χ0n) is 9.10. The van der Waals surface area contributed by atoms with E-state index in [1.54, 1.807) is 18.0 Å². The van der Waals surface area contributed by atoms with Crippen molar-refractivity contribution in [1.82, 2.24) is 4.90 Å². The summed E-state index contributed by atoms with van der Waals surface area (Å²) in [7, 11) is 1.72. The number of aromatic carboxylic acids is 1. The van der Waals surface area contributed by atoms with E-state index in [1.165, 1.54) is 17.8 Å². The highest BCUT2D eigenvalue weighted by Crippen LogP contribution is 2.21. The van der Waals surface area contributed by atoms with Crippen molar-refractivity contribution in [1.29, 1.82) is 0 Å². The van der Waals surface area contributed by atoms with E-state index < -0.39 is 5.97 Å². The average Bonchev–Trinajstić information content (AvgIpc) is 2.73. The van der Waals surface area contributed by atoms with Gasteiger partial charge in [0.1, 0.15) is 0 Å². The van der Waals surface area contributed by atoms with Crippen molar-refractivity contribution in [3.05, 3.63) is 17.9 Å². The van der Waals surface area contributed by atoms with E-state index >= 15 is 0 Å². The van der Waals surface area contributed by atoms with Crippen molar-refractivity contribution in [3.63, 3.8) is 0 Å². The van der Waals surface area contributed by atoms with Gasteiger partial charge in [-0.15, -0.1) is 0 Å². The molecule has 1 aromatic rings. The number of furan rings is 1. The first-order valence-corrected chi connectivity index (χ1v) is 5.73. The molecule has 1 aromatic heterocycles. The summed E-state index contributed by atoms with van der Waals surface area (Å²) in [5.74, 6) is -0.986. The molecular weight excluding hydrogens is 230 g/mol. The minimum atomic E-state index is -1.11. The molecule has 0 saturated heterocycles. The van der Waals surface area contributed by atoms with Gasteiger partial charge in [-0.25, -0.2) is 4.79 Å². The molecule has 0 fully saturated rings. The Kier molecular flexibility index (Phi) is 4.42. The van der Waals surface area contributed by atoms with Crippen LogP contribution in [0, 0.1) is 0 Å². The molecule has 5 nitrogen and oxygen atoms in total. The molecule has 1 N–H and O–H groups in total. The molecule has 0 unspecified atom stereocenters. The maximum absolute atomic E-state index is 11.4. The second-order valence-electron chi connectivity index (χ2n) is 3.12. The minimum absolute atomic E-state index is 0.0132. The average molecular weight is 243 g/mol. The van der Waals surface area contributed by atoms with Gasteiger partial charge in [0.05, 0.1) is 5.75 Å². The lowest BCUT2D eigenvalue weighted by Crippen LogP contribution is -2.27. The van der Waals surface area contributed by atoms with E-state index in [0.717, 1.165) is 0 Å². The third-order valence-corrected chi connectivity index (χ3v) is 2.93. The van der Waals surface area contributed by atoms with Crippen molar-refractivity contribution in [2.45, 2.75) is 12.0 Å². The van der Waals surface area contributed by atoms with E-state index in [-0.39, 0.29) is 17.4 Å². The van der Waals surface area contributed by atoms with Crippen LogP contribution in [-0.2, 0) is 4.79 Å². The Labute approximate surface area is 97.4 Å². The molecule has 0 aliphatic heterocycles. The smallest absolute Gasteiger partial charge is 0.371 e. The third-order valence-electron chi connectivity index (χ3n) is 2.03. The normalized spacial score (nSPS) is 10.1. The van der Waals surface area contributed by atoms with E-state index in [0.29, 0.717) is 11.6 Å². The van der Waals surface area contributed by atoms with Crippen molar-refractivity contribution in [3.8, 4) is 0 Å². The maximum Gasteiger partial charge on any atom is 0.371 e. The molecule has 1 heterocycles. The molecule has 0 atom stereocenters. The summed E-state index contributed by atoms with van der Waals surface area (Å²) in [6.45, 7) is 2.54. The monoisotopic (exact) mass is 243 g/mol. The second kappa shape index (κ2) is 5.60. The highest BCUT2D eigenvalue weighted by atomic mass is 32.2. The van der Waals surface area contributed by atoms with E-state index in [2.05, 4.69) is 0 Å². The Morgan fingerprint density at radius 2 is 2.19 bits per heavy atom. The summed E-state index contributed by atoms with van der Waals surface area (Å²) in [6, 6.07) is 2.92. The number of rotatable bonds is 5. The lowest BCUT2D eigenvalue weighted by Gasteiger charge is -2.12. The molecule has 0 aromatic carbocycles. The van der Waals surface area contributed by atoms with Gasteiger partial charge in [-0.2, -0.15) is 0 Å². The molecule has 1 amide bonds. The summed E-state index contributed by atoms with van der Waals surface area (Å²) in [4.78, 5) is 23.6. The highest BCUT2D eigenvalue weighted by Gasteiger charge is 2.12. The van der Waals surface area contributed by atoms with Gasteiger partial charge in [0.25, 0.3) is 0 Å². The largest absolute Gasteiger partial charge is 0.475 e. The van der Waals surface area contributed by atoms with Crippen molar-refractivity contribution < 1.29 is 19.1 Å². The number of carbonyl (C=O) groups is 2. The van der Waals surface area contributed by atoms with E-state index in [4.69, 9.17) is 9.52 Å². The number of thioether (sulfide) groups is 1. The van der Waals surface area contributed by atoms with E-state index in [9.17, 15) is 9.59 Å². The quantitative estimate of drug-likeness (QED) is 0.794. The maximum atomic E-state index is 11.4. The molecule has 0 aliphatic carbocycles. The first kappa shape index (κ1) is 12.6. The van der Waals surface area contributed by atoms with Gasteiger partial charge in [-0.3, -0.25) is 4.79 Å². The molecule has 0 radical (unpaired) electrons. The predicted molar refractivity (Wildman–Crippen MR) is 59.7 cm³/mol. The zero-order valence-corrected chi connectivity index (χ0v) is 9.91. The van der Waals surface area contributed by atoms with Crippen LogP contribution in [0.3, 0.4) is 0 Å². The van der Waals surface area contributed by atoms with Crippen LogP contribution in [0.15, 0.2) is 21.6 Å². The van der Waals surface area contributed by atoms with Gasteiger partial charge in [-0.05, 0) is 19.1 Å². The fourth-order valence-electron chi connectivity index (χ4n) is 0.932. The van der Waals surface area contributed by atoms with Crippen molar-refractivity contribution in [2.24, 2.45) is 0 Å². The molecule has 16 heavy (non-hydrogen) atoms. The number of hydrogen-bond donors (Lipinski definition) is 1. The van der Waals surface area contributed by atoms with Crippen molar-refractivity contribution >= 4 is 23.6 Å². The predicted octanol–water partition coefficient (Wildman–Crippen LogP) is 1.55. The van der Waals surface area contributed by atoms with Crippen LogP contribution in [0.5, 0.6) is 0 Å². The molecule has 0 spiro atoms. The molecule has 6 heteroatoms. The number of carboxylic acids is 1. The topological polar surface area (TPSA) is 70.8 Å². The fourth-order valence-corrected chi connectivity index (χ4v) is 1.73. The number of carboxylic acid groups (broad SMARTS) is 1. The van der Waals surface area contributed by atoms with E-state index in [1.807, 2.05) is 6.92 Å². The van der Waals surface area contributed by atoms with Crippen LogP contribution in [0.25, 0.3) is 0 Å². The summed E-state index contributed by atoms with van der Waals surface area (Å²) in [5.41, 5.74) is 0. The Morgan fingerprint density at radius 1 is 1.50 bits per heavy atom. The van der Waals surface area contributed by atoms with Crippen LogP contribution in [0.4, 0.5) is 0 Å². The molecule has 0 aliphatic rings. The van der Waals surface area contributed by atoms with Crippen LogP contribution >= 0.6 is 11.8 Å². The van der Waals surface area contributed by atoms with Gasteiger partial charge < -0.3 is 14.4 Å². The summed E-state index contributed by atoms with van der Waals surface area (Å²) >= 11 is 1.19. The molecule has 0 bridgehead atoms. The van der Waals surface area contributed by atoms with Gasteiger partial charge in [0, 0.05) is 13.6 Å². The summed E-state index contributed by atoms with van der Waals surface area (Å²) in [5, 5.41) is 9.06. The van der Waals surface area contributed by atoms with Crippen molar-refractivity contribution in [2.75, 3.05) is 19.3 Å². The number of amides is 1. The lowest BCUT2D eigenvalue weighted by molar-refractivity contribution is -0.126. The molecular formula is C10H13NO4S. The zero-order chi connectivity index (χ0) is 12.1. The van der Waals surface area contributed by atoms with Crippen LogP contribution in [0.2, 0.25) is 0 Å². The fraction of sp³-hybridized carbons (Fsp3) is 0.400. The Hall–Kier alpha value is -1.43. The highest BCUT2D eigenvalue weighted by molar-refractivity contribution is 7.99. The molecule has 0 saturated carbocycles. The summed E-state index contributed by atoms with van der Waals surface area (Å²) < 4.78 is 5.00.